The summed E-state index contributed by atoms with van der Waals surface area (Å²) in [6.45, 7) is 2.74. The number of aromatic nitrogens is 1. The van der Waals surface area contributed by atoms with E-state index in [1.165, 1.54) is 20.5 Å². The molecule has 15 heavy (non-hydrogen) atoms. The maximum atomic E-state index is 5.69. The molecule has 0 saturated carbocycles. The lowest BCUT2D eigenvalue weighted by atomic mass is 10.3. The number of hydrogen-bond acceptors (Lipinski definition) is 4. The number of hydrogen-bond donors (Lipinski definition) is 1. The van der Waals surface area contributed by atoms with E-state index in [4.69, 9.17) is 5.73 Å². The molecule has 0 radical (unpaired) electrons. The number of thiophene rings is 1. The molecule has 2 aromatic rings. The molecule has 0 saturated heterocycles. The van der Waals surface area contributed by atoms with Crippen LogP contribution in [0.15, 0.2) is 17.5 Å². The summed E-state index contributed by atoms with van der Waals surface area (Å²) in [7, 11) is 0. The summed E-state index contributed by atoms with van der Waals surface area (Å²) in [6, 6.07) is 4.23. The van der Waals surface area contributed by atoms with Crippen LogP contribution in [0.25, 0.3) is 0 Å². The molecule has 0 aliphatic heterocycles. The van der Waals surface area contributed by atoms with Crippen LogP contribution in [0.3, 0.4) is 0 Å². The van der Waals surface area contributed by atoms with E-state index in [2.05, 4.69) is 29.4 Å². The van der Waals surface area contributed by atoms with Gasteiger partial charge in [-0.05, 0) is 17.9 Å². The van der Waals surface area contributed by atoms with Gasteiger partial charge in [-0.2, -0.15) is 0 Å². The van der Waals surface area contributed by atoms with Gasteiger partial charge in [0, 0.05) is 22.7 Å². The van der Waals surface area contributed by atoms with E-state index in [9.17, 15) is 0 Å². The first-order chi connectivity index (χ1) is 7.33. The second-order valence-corrected chi connectivity index (χ2v) is 5.49. The van der Waals surface area contributed by atoms with Gasteiger partial charge in [-0.15, -0.1) is 22.7 Å². The average molecular weight is 238 g/mol. The van der Waals surface area contributed by atoms with Crippen LogP contribution in [0.5, 0.6) is 0 Å². The molecular formula is C11H14N2S2. The van der Waals surface area contributed by atoms with Crippen molar-refractivity contribution in [3.63, 3.8) is 0 Å². The van der Waals surface area contributed by atoms with Crippen LogP contribution >= 0.6 is 22.7 Å². The molecule has 0 aliphatic rings. The molecule has 0 fully saturated rings. The van der Waals surface area contributed by atoms with Crippen molar-refractivity contribution in [1.82, 2.24) is 4.98 Å². The molecule has 2 heterocycles. The van der Waals surface area contributed by atoms with E-state index in [-0.39, 0.29) is 0 Å². The molecule has 80 valence electrons. The van der Waals surface area contributed by atoms with E-state index in [0.717, 1.165) is 12.8 Å². The fraction of sp³-hybridized carbons (Fsp3) is 0.364. The highest BCUT2D eigenvalue weighted by Gasteiger charge is 2.08. The topological polar surface area (TPSA) is 38.9 Å². The third kappa shape index (κ3) is 2.45. The van der Waals surface area contributed by atoms with E-state index < -0.39 is 0 Å². The molecule has 0 spiro atoms. The van der Waals surface area contributed by atoms with Crippen molar-refractivity contribution >= 4 is 22.7 Å². The van der Waals surface area contributed by atoms with Crippen LogP contribution in [0.1, 0.15) is 27.4 Å². The van der Waals surface area contributed by atoms with Crippen LogP contribution in [-0.4, -0.2) is 4.98 Å². The van der Waals surface area contributed by atoms with E-state index >= 15 is 0 Å². The van der Waals surface area contributed by atoms with Crippen molar-refractivity contribution in [3.05, 3.63) is 38.0 Å². The zero-order valence-corrected chi connectivity index (χ0v) is 10.3. The standard InChI is InChI=1S/C11H14N2S2/c1-2-9-10(7-12)15-11(13-9)6-8-4-3-5-14-8/h3-5H,2,6-7,12H2,1H3. The van der Waals surface area contributed by atoms with Gasteiger partial charge in [0.2, 0.25) is 0 Å². The van der Waals surface area contributed by atoms with E-state index in [0.29, 0.717) is 6.54 Å². The maximum absolute atomic E-state index is 5.69. The van der Waals surface area contributed by atoms with Gasteiger partial charge in [0.1, 0.15) is 0 Å². The summed E-state index contributed by atoms with van der Waals surface area (Å²) in [6.07, 6.45) is 1.93. The van der Waals surface area contributed by atoms with Crippen molar-refractivity contribution in [1.29, 1.82) is 0 Å². The Labute approximate surface area is 97.8 Å². The highest BCUT2D eigenvalue weighted by atomic mass is 32.1. The summed E-state index contributed by atoms with van der Waals surface area (Å²) < 4.78 is 0. The molecule has 0 aliphatic carbocycles. The van der Waals surface area contributed by atoms with Crippen LogP contribution in [0.2, 0.25) is 0 Å². The average Bonchev–Trinajstić information content (AvgIpc) is 2.87. The zero-order chi connectivity index (χ0) is 10.7. The lowest BCUT2D eigenvalue weighted by Crippen LogP contribution is -1.96. The minimum atomic E-state index is 0.616. The molecule has 2 nitrogen and oxygen atoms in total. The Balaban J connectivity index is 2.19. The van der Waals surface area contributed by atoms with E-state index in [1.807, 2.05) is 0 Å². The van der Waals surface area contributed by atoms with Crippen LogP contribution in [-0.2, 0) is 19.4 Å². The quantitative estimate of drug-likeness (QED) is 0.889. The number of thiazole rings is 1. The minimum absolute atomic E-state index is 0.616. The Morgan fingerprint density at radius 1 is 1.47 bits per heavy atom. The fourth-order valence-corrected chi connectivity index (χ4v) is 3.37. The van der Waals surface area contributed by atoms with Gasteiger partial charge in [0.05, 0.1) is 10.7 Å². The predicted octanol–water partition coefficient (Wildman–Crippen LogP) is 2.82. The van der Waals surface area contributed by atoms with Gasteiger partial charge in [-0.25, -0.2) is 4.98 Å². The fourth-order valence-electron chi connectivity index (χ4n) is 1.51. The SMILES string of the molecule is CCc1nc(Cc2cccs2)sc1CN. The summed E-state index contributed by atoms with van der Waals surface area (Å²) in [5, 5.41) is 3.29. The third-order valence-electron chi connectivity index (χ3n) is 2.25. The molecule has 0 aromatic carbocycles. The largest absolute Gasteiger partial charge is 0.326 e. The third-order valence-corrected chi connectivity index (χ3v) is 4.24. The Kier molecular flexibility index (Phi) is 3.51. The molecule has 0 bridgehead atoms. The molecule has 0 unspecified atom stereocenters. The Morgan fingerprint density at radius 2 is 2.33 bits per heavy atom. The Bertz CT molecular complexity index is 396. The monoisotopic (exact) mass is 238 g/mol. The van der Waals surface area contributed by atoms with Crippen molar-refractivity contribution in [2.45, 2.75) is 26.3 Å². The lowest BCUT2D eigenvalue weighted by molar-refractivity contribution is 0.971. The van der Waals surface area contributed by atoms with Crippen LogP contribution < -0.4 is 5.73 Å². The first kappa shape index (κ1) is 10.8. The lowest BCUT2D eigenvalue weighted by Gasteiger charge is -1.91. The maximum Gasteiger partial charge on any atom is 0.0983 e. The Hall–Kier alpha value is -0.710. The summed E-state index contributed by atoms with van der Waals surface area (Å²) in [4.78, 5) is 7.23. The van der Waals surface area contributed by atoms with Gasteiger partial charge in [-0.1, -0.05) is 13.0 Å². The molecule has 0 atom stereocenters. The number of aryl methyl sites for hydroxylation is 1. The number of rotatable bonds is 4. The molecule has 4 heteroatoms. The highest BCUT2D eigenvalue weighted by Crippen LogP contribution is 2.22. The minimum Gasteiger partial charge on any atom is -0.326 e. The van der Waals surface area contributed by atoms with Gasteiger partial charge >= 0.3 is 0 Å². The highest BCUT2D eigenvalue weighted by molar-refractivity contribution is 7.12. The first-order valence-electron chi connectivity index (χ1n) is 5.03. The smallest absolute Gasteiger partial charge is 0.0983 e. The van der Waals surface area contributed by atoms with Gasteiger partial charge in [0.25, 0.3) is 0 Å². The zero-order valence-electron chi connectivity index (χ0n) is 8.69. The molecule has 2 rings (SSSR count). The second-order valence-electron chi connectivity index (χ2n) is 3.29. The Morgan fingerprint density at radius 3 is 2.87 bits per heavy atom. The predicted molar refractivity (Wildman–Crippen MR) is 66.5 cm³/mol. The van der Waals surface area contributed by atoms with Crippen LogP contribution in [0.4, 0.5) is 0 Å². The number of nitrogens with zero attached hydrogens (tertiary/aromatic N) is 1. The summed E-state index contributed by atoms with van der Waals surface area (Å²) >= 11 is 3.54. The summed E-state index contributed by atoms with van der Waals surface area (Å²) in [5.74, 6) is 0. The molecule has 2 aromatic heterocycles. The van der Waals surface area contributed by atoms with Crippen molar-refractivity contribution in [2.24, 2.45) is 5.73 Å². The molecular weight excluding hydrogens is 224 g/mol. The second kappa shape index (κ2) is 4.88. The summed E-state index contributed by atoms with van der Waals surface area (Å²) in [5.41, 5.74) is 6.86. The van der Waals surface area contributed by atoms with Gasteiger partial charge in [0.15, 0.2) is 0 Å². The van der Waals surface area contributed by atoms with Crippen molar-refractivity contribution < 1.29 is 0 Å². The van der Waals surface area contributed by atoms with Gasteiger partial charge in [-0.3, -0.25) is 0 Å². The van der Waals surface area contributed by atoms with Crippen molar-refractivity contribution in [2.75, 3.05) is 0 Å². The first-order valence-corrected chi connectivity index (χ1v) is 6.73. The van der Waals surface area contributed by atoms with Crippen molar-refractivity contribution in [3.8, 4) is 0 Å². The van der Waals surface area contributed by atoms with Gasteiger partial charge < -0.3 is 5.73 Å². The van der Waals surface area contributed by atoms with E-state index in [1.54, 1.807) is 22.7 Å². The normalized spacial score (nSPS) is 10.8. The molecule has 0 amide bonds. The van der Waals surface area contributed by atoms with Crippen LogP contribution in [0, 0.1) is 0 Å². The molecule has 2 N–H and O–H groups in total. The number of nitrogens with two attached hydrogens (primary N) is 1.